The molecule has 1 aromatic rings. The molecule has 2 rings (SSSR count). The minimum Gasteiger partial charge on any atom is -0.480 e. The highest BCUT2D eigenvalue weighted by Gasteiger charge is 2.19. The van der Waals surface area contributed by atoms with E-state index in [-0.39, 0.29) is 18.7 Å². The highest BCUT2D eigenvalue weighted by Crippen LogP contribution is 2.07. The molecule has 1 fully saturated rings. The van der Waals surface area contributed by atoms with Gasteiger partial charge in [-0.15, -0.1) is 0 Å². The van der Waals surface area contributed by atoms with Gasteiger partial charge in [-0.1, -0.05) is 12.1 Å². The fraction of sp³-hybridized carbons (Fsp3) is 0.526. The van der Waals surface area contributed by atoms with Crippen LogP contribution in [0.1, 0.15) is 15.9 Å². The maximum Gasteiger partial charge on any atom is 0.335 e. The molecule has 9 nitrogen and oxygen atoms in total. The second-order valence-electron chi connectivity index (χ2n) is 6.93. The van der Waals surface area contributed by atoms with Gasteiger partial charge >= 0.3 is 17.9 Å². The van der Waals surface area contributed by atoms with Crippen LogP contribution in [0.25, 0.3) is 0 Å². The first-order valence-electron chi connectivity index (χ1n) is 9.26. The quantitative estimate of drug-likeness (QED) is 0.561. The van der Waals surface area contributed by atoms with Crippen LogP contribution in [0, 0.1) is 0 Å². The Morgan fingerprint density at radius 2 is 1.14 bits per heavy atom. The monoisotopic (exact) mass is 393 g/mol. The number of rotatable bonds is 8. The van der Waals surface area contributed by atoms with E-state index in [1.165, 1.54) is 0 Å². The van der Waals surface area contributed by atoms with Crippen LogP contribution in [0.2, 0.25) is 0 Å². The van der Waals surface area contributed by atoms with Crippen LogP contribution in [0.5, 0.6) is 0 Å². The van der Waals surface area contributed by atoms with Crippen molar-refractivity contribution in [2.24, 2.45) is 0 Å². The number of carboxylic acid groups (broad SMARTS) is 3. The first kappa shape index (κ1) is 21.8. The summed E-state index contributed by atoms with van der Waals surface area (Å²) in [5, 5.41) is 27.1. The minimum atomic E-state index is -0.955. The molecular weight excluding hydrogens is 366 g/mol. The highest BCUT2D eigenvalue weighted by molar-refractivity contribution is 5.87. The summed E-state index contributed by atoms with van der Waals surface area (Å²) in [6.45, 7) is 4.23. The van der Waals surface area contributed by atoms with E-state index in [9.17, 15) is 14.4 Å². The summed E-state index contributed by atoms with van der Waals surface area (Å²) in [4.78, 5) is 38.9. The van der Waals surface area contributed by atoms with Crippen LogP contribution >= 0.6 is 0 Å². The Kier molecular flexibility index (Phi) is 8.37. The van der Waals surface area contributed by atoms with E-state index in [2.05, 4.69) is 4.90 Å². The van der Waals surface area contributed by atoms with Gasteiger partial charge in [0.25, 0.3) is 0 Å². The fourth-order valence-electron chi connectivity index (χ4n) is 3.21. The van der Waals surface area contributed by atoms with Gasteiger partial charge in [-0.05, 0) is 24.1 Å². The summed E-state index contributed by atoms with van der Waals surface area (Å²) in [6, 6.07) is 6.76. The van der Waals surface area contributed by atoms with Gasteiger partial charge in [-0.3, -0.25) is 19.4 Å². The molecule has 28 heavy (non-hydrogen) atoms. The molecule has 1 aliphatic rings. The van der Waals surface area contributed by atoms with E-state index in [1.54, 1.807) is 24.3 Å². The zero-order valence-electron chi connectivity index (χ0n) is 15.8. The predicted octanol–water partition coefficient (Wildman–Crippen LogP) is 0.0161. The number of nitrogens with zero attached hydrogens (tertiary/aromatic N) is 3. The van der Waals surface area contributed by atoms with Crippen LogP contribution in [-0.4, -0.2) is 107 Å². The first-order chi connectivity index (χ1) is 13.3. The third kappa shape index (κ3) is 7.63. The molecule has 0 spiro atoms. The Labute approximate surface area is 163 Å². The maximum atomic E-state index is 11.1. The molecule has 0 unspecified atom stereocenters. The van der Waals surface area contributed by atoms with Gasteiger partial charge in [-0.2, -0.15) is 0 Å². The fourth-order valence-corrected chi connectivity index (χ4v) is 3.21. The molecule has 0 bridgehead atoms. The first-order valence-corrected chi connectivity index (χ1v) is 9.26. The van der Waals surface area contributed by atoms with E-state index < -0.39 is 17.9 Å². The smallest absolute Gasteiger partial charge is 0.335 e. The second-order valence-corrected chi connectivity index (χ2v) is 6.93. The molecule has 154 valence electrons. The van der Waals surface area contributed by atoms with E-state index in [4.69, 9.17) is 15.3 Å². The predicted molar refractivity (Wildman–Crippen MR) is 102 cm³/mol. The Bertz CT molecular complexity index is 651. The van der Waals surface area contributed by atoms with E-state index in [0.29, 0.717) is 39.3 Å². The van der Waals surface area contributed by atoms with Crippen LogP contribution in [0.4, 0.5) is 0 Å². The summed E-state index contributed by atoms with van der Waals surface area (Å²) < 4.78 is 0. The number of aliphatic carboxylic acids is 2. The van der Waals surface area contributed by atoms with E-state index in [0.717, 1.165) is 18.5 Å². The lowest BCUT2D eigenvalue weighted by Crippen LogP contribution is -2.40. The average molecular weight is 393 g/mol. The van der Waals surface area contributed by atoms with Crippen molar-refractivity contribution in [3.05, 3.63) is 35.4 Å². The molecule has 0 aliphatic carbocycles. The molecule has 1 aliphatic heterocycles. The molecule has 0 saturated carbocycles. The Morgan fingerprint density at radius 1 is 0.714 bits per heavy atom. The van der Waals surface area contributed by atoms with Gasteiger partial charge in [0.05, 0.1) is 18.7 Å². The summed E-state index contributed by atoms with van der Waals surface area (Å²) >= 11 is 0. The summed E-state index contributed by atoms with van der Waals surface area (Å²) in [6.07, 6.45) is 0.734. The van der Waals surface area contributed by atoms with Crippen LogP contribution in [0.15, 0.2) is 24.3 Å². The molecule has 1 aromatic carbocycles. The molecular formula is C19H27N3O6. The minimum absolute atomic E-state index is 0.0641. The van der Waals surface area contributed by atoms with Crippen molar-refractivity contribution in [3.8, 4) is 0 Å². The summed E-state index contributed by atoms with van der Waals surface area (Å²) in [7, 11) is 0. The van der Waals surface area contributed by atoms with Gasteiger partial charge in [0, 0.05) is 45.8 Å². The number of benzene rings is 1. The lowest BCUT2D eigenvalue weighted by Gasteiger charge is -2.25. The summed E-state index contributed by atoms with van der Waals surface area (Å²) in [5.74, 6) is -2.74. The summed E-state index contributed by atoms with van der Waals surface area (Å²) in [5.41, 5.74) is 1.27. The van der Waals surface area contributed by atoms with Crippen LogP contribution in [-0.2, 0) is 16.0 Å². The van der Waals surface area contributed by atoms with Crippen LogP contribution in [0.3, 0.4) is 0 Å². The molecule has 0 aromatic heterocycles. The molecule has 1 saturated heterocycles. The number of carboxylic acids is 3. The third-order valence-electron chi connectivity index (χ3n) is 4.83. The molecule has 0 radical (unpaired) electrons. The third-order valence-corrected chi connectivity index (χ3v) is 4.83. The zero-order valence-corrected chi connectivity index (χ0v) is 15.8. The van der Waals surface area contributed by atoms with Crippen LogP contribution < -0.4 is 0 Å². The van der Waals surface area contributed by atoms with Crippen molar-refractivity contribution in [2.45, 2.75) is 6.42 Å². The van der Waals surface area contributed by atoms with Gasteiger partial charge in [0.1, 0.15) is 0 Å². The largest absolute Gasteiger partial charge is 0.480 e. The Hall–Kier alpha value is -2.49. The number of carbonyl (C=O) groups is 3. The standard InChI is InChI=1S/C19H27N3O6/c23-17(24)13-21-9-7-20(8-10-22(12-11-21)14-18(25)26)6-5-15-1-3-16(4-2-15)19(27)28/h1-4H,5-14H2,(H,23,24)(H,25,26)(H,27,28). The van der Waals surface area contributed by atoms with Crippen molar-refractivity contribution in [1.82, 2.24) is 14.7 Å². The normalized spacial score (nSPS) is 17.4. The van der Waals surface area contributed by atoms with Gasteiger partial charge in [-0.25, -0.2) is 4.79 Å². The van der Waals surface area contributed by atoms with E-state index >= 15 is 0 Å². The van der Waals surface area contributed by atoms with Crippen molar-refractivity contribution < 1.29 is 29.7 Å². The Balaban J connectivity index is 1.97. The SMILES string of the molecule is O=C(O)CN1CCN(CCc2ccc(C(=O)O)cc2)CCN(CC(=O)O)CC1. The number of hydrogen-bond acceptors (Lipinski definition) is 6. The lowest BCUT2D eigenvalue weighted by atomic mass is 10.1. The molecule has 9 heteroatoms. The average Bonchev–Trinajstić information content (AvgIpc) is 2.71. The van der Waals surface area contributed by atoms with Crippen molar-refractivity contribution in [3.63, 3.8) is 0 Å². The van der Waals surface area contributed by atoms with Crippen molar-refractivity contribution in [2.75, 3.05) is 58.9 Å². The second kappa shape index (κ2) is 10.7. The number of hydrogen-bond donors (Lipinski definition) is 3. The molecule has 0 atom stereocenters. The van der Waals surface area contributed by atoms with Crippen molar-refractivity contribution >= 4 is 17.9 Å². The molecule has 3 N–H and O–H groups in total. The van der Waals surface area contributed by atoms with Gasteiger partial charge < -0.3 is 20.2 Å². The van der Waals surface area contributed by atoms with Crippen molar-refractivity contribution in [1.29, 1.82) is 0 Å². The molecule has 1 heterocycles. The highest BCUT2D eigenvalue weighted by atomic mass is 16.4. The number of aromatic carboxylic acids is 1. The topological polar surface area (TPSA) is 122 Å². The lowest BCUT2D eigenvalue weighted by molar-refractivity contribution is -0.140. The zero-order chi connectivity index (χ0) is 20.5. The van der Waals surface area contributed by atoms with Gasteiger partial charge in [0.2, 0.25) is 0 Å². The Morgan fingerprint density at radius 3 is 1.54 bits per heavy atom. The molecule has 0 amide bonds. The van der Waals surface area contributed by atoms with E-state index in [1.807, 2.05) is 9.80 Å². The van der Waals surface area contributed by atoms with Gasteiger partial charge in [0.15, 0.2) is 0 Å². The maximum absolute atomic E-state index is 11.1.